The highest BCUT2D eigenvalue weighted by Gasteiger charge is 1.77. The minimum absolute atomic E-state index is 0.639. The molecular weight excluding hydrogens is 78.0 g/mol. The van der Waals surface area contributed by atoms with Gasteiger partial charge in [0.15, 0.2) is 6.40 Å². The second kappa shape index (κ2) is 1.60. The first-order chi connectivity index (χ1) is 3.00. The largest absolute Gasteiger partial charge is 0.453 e. The van der Waals surface area contributed by atoms with E-state index in [1.54, 1.807) is 0 Å². The maximum atomic E-state index is 4.54. The first-order valence-corrected chi connectivity index (χ1v) is 1.69. The van der Waals surface area contributed by atoms with Gasteiger partial charge in [-0.1, -0.05) is 0 Å². The van der Waals surface area contributed by atoms with Crippen LogP contribution in [-0.4, -0.2) is 12.9 Å². The lowest BCUT2D eigenvalue weighted by molar-refractivity contribution is 0.478. The van der Waals surface area contributed by atoms with Crippen LogP contribution in [0, 0.1) is 6.08 Å². The molecule has 31 valence electrons. The molecule has 0 aromatic carbocycles. The summed E-state index contributed by atoms with van der Waals surface area (Å²) in [5.41, 5.74) is 0. The molecule has 1 aliphatic rings. The molecule has 0 saturated heterocycles. The predicted octanol–water partition coefficient (Wildman–Crippen LogP) is 0.362. The van der Waals surface area contributed by atoms with Crippen LogP contribution in [0.15, 0.2) is 11.3 Å². The summed E-state index contributed by atoms with van der Waals surface area (Å²) in [4.78, 5) is 3.69. The molecule has 1 radical (unpaired) electrons. The summed E-state index contributed by atoms with van der Waals surface area (Å²) in [6.45, 7) is 0.639. The fourth-order valence-corrected chi connectivity index (χ4v) is 0.249. The van der Waals surface area contributed by atoms with E-state index in [0.717, 1.165) is 0 Å². The molecule has 2 heteroatoms. The van der Waals surface area contributed by atoms with Crippen LogP contribution in [0.3, 0.4) is 0 Å². The molecule has 1 heterocycles. The first kappa shape index (κ1) is 3.40. The zero-order valence-electron chi connectivity index (χ0n) is 3.22. The molecule has 0 fully saturated rings. The van der Waals surface area contributed by atoms with Gasteiger partial charge in [0.2, 0.25) is 0 Å². The van der Waals surface area contributed by atoms with Crippen molar-refractivity contribution in [2.24, 2.45) is 4.99 Å². The molecule has 1 aliphatic heterocycles. The first-order valence-electron chi connectivity index (χ1n) is 1.69. The van der Waals surface area contributed by atoms with Gasteiger partial charge in [-0.15, -0.1) is 0 Å². The molecule has 0 amide bonds. The molecule has 0 aromatic heterocycles. The van der Waals surface area contributed by atoms with E-state index in [1.165, 1.54) is 12.7 Å². The average molecular weight is 82.1 g/mol. The Balaban J connectivity index is 2.40. The third-order valence-corrected chi connectivity index (χ3v) is 0.469. The number of nitrogens with zero attached hydrogens (tertiary/aromatic N) is 1. The highest BCUT2D eigenvalue weighted by molar-refractivity contribution is 5.48. The van der Waals surface area contributed by atoms with Gasteiger partial charge < -0.3 is 4.74 Å². The van der Waals surface area contributed by atoms with Crippen molar-refractivity contribution in [1.29, 1.82) is 0 Å². The normalized spacial score (nSPS) is 17.3. The minimum Gasteiger partial charge on any atom is -0.453 e. The second-order valence-corrected chi connectivity index (χ2v) is 0.904. The van der Waals surface area contributed by atoms with Gasteiger partial charge in [-0.2, -0.15) is 0 Å². The van der Waals surface area contributed by atoms with Gasteiger partial charge in [0.25, 0.3) is 0 Å². The quantitative estimate of drug-likeness (QED) is 0.413. The summed E-state index contributed by atoms with van der Waals surface area (Å²) in [5.74, 6) is 0. The molecule has 0 spiro atoms. The van der Waals surface area contributed by atoms with E-state index in [2.05, 4.69) is 15.8 Å². The van der Waals surface area contributed by atoms with Gasteiger partial charge in [0, 0.05) is 6.08 Å². The van der Waals surface area contributed by atoms with Gasteiger partial charge in [0.05, 0.1) is 12.8 Å². The number of hydrogen-bond acceptors (Lipinski definition) is 2. The average Bonchev–Trinajstić information content (AvgIpc) is 1.72. The molecule has 2 nitrogen and oxygen atoms in total. The van der Waals surface area contributed by atoms with Crippen molar-refractivity contribution in [3.8, 4) is 0 Å². The molecule has 0 unspecified atom stereocenters. The van der Waals surface area contributed by atoms with Crippen LogP contribution in [0.25, 0.3) is 0 Å². The van der Waals surface area contributed by atoms with Crippen molar-refractivity contribution in [2.45, 2.75) is 0 Å². The molecule has 0 N–H and O–H groups in total. The Kier molecular flexibility index (Phi) is 0.906. The van der Waals surface area contributed by atoms with Crippen LogP contribution >= 0.6 is 0 Å². The van der Waals surface area contributed by atoms with Crippen molar-refractivity contribution in [3.05, 3.63) is 12.3 Å². The van der Waals surface area contributed by atoms with E-state index >= 15 is 0 Å². The van der Waals surface area contributed by atoms with E-state index in [9.17, 15) is 0 Å². The van der Waals surface area contributed by atoms with Crippen LogP contribution in [0.1, 0.15) is 0 Å². The second-order valence-electron chi connectivity index (χ2n) is 0.904. The summed E-state index contributed by atoms with van der Waals surface area (Å²) >= 11 is 0. The van der Waals surface area contributed by atoms with Gasteiger partial charge in [0.1, 0.15) is 0 Å². The Bertz CT molecular complexity index is 65.5. The maximum Gasteiger partial charge on any atom is 0.176 e. The monoisotopic (exact) mass is 82.0 g/mol. The highest BCUT2D eigenvalue weighted by Crippen LogP contribution is 1.80. The molecule has 0 bridgehead atoms. The Morgan fingerprint density at radius 1 is 1.83 bits per heavy atom. The third-order valence-electron chi connectivity index (χ3n) is 0.469. The van der Waals surface area contributed by atoms with Crippen molar-refractivity contribution in [3.63, 3.8) is 0 Å². The Morgan fingerprint density at radius 2 is 2.83 bits per heavy atom. The molecule has 1 rings (SSSR count). The summed E-state index contributed by atoms with van der Waals surface area (Å²) < 4.78 is 4.54. The highest BCUT2D eigenvalue weighted by atomic mass is 16.5. The van der Waals surface area contributed by atoms with Crippen molar-refractivity contribution >= 4 is 6.40 Å². The van der Waals surface area contributed by atoms with E-state index < -0.39 is 0 Å². The lowest BCUT2D eigenvalue weighted by atomic mass is 10.6. The summed E-state index contributed by atoms with van der Waals surface area (Å²) in [6, 6.07) is 0. The van der Waals surface area contributed by atoms with Gasteiger partial charge in [-0.05, 0) is 0 Å². The Hall–Kier alpha value is -0.790. The topological polar surface area (TPSA) is 21.6 Å². The molecule has 0 aromatic rings. The van der Waals surface area contributed by atoms with Crippen LogP contribution < -0.4 is 0 Å². The van der Waals surface area contributed by atoms with E-state index in [0.29, 0.717) is 6.54 Å². The fraction of sp³-hybridized carbons (Fsp3) is 0.250. The van der Waals surface area contributed by atoms with E-state index in [-0.39, 0.29) is 0 Å². The predicted molar refractivity (Wildman–Crippen MR) is 22.3 cm³/mol. The minimum atomic E-state index is 0.639. The summed E-state index contributed by atoms with van der Waals surface area (Å²) in [7, 11) is 0. The van der Waals surface area contributed by atoms with Crippen LogP contribution in [0.4, 0.5) is 0 Å². The molecule has 0 aliphatic carbocycles. The van der Waals surface area contributed by atoms with Gasteiger partial charge in [-0.25, -0.2) is 0 Å². The number of ether oxygens (including phenoxy) is 1. The number of hydrogen-bond donors (Lipinski definition) is 0. The number of aliphatic imine (C=N–C) groups is 1. The Labute approximate surface area is 36.1 Å². The molecular formula is C4H4NO. The lowest BCUT2D eigenvalue weighted by Gasteiger charge is -1.90. The SMILES string of the molecule is [C]1=COC=NC1. The Morgan fingerprint density at radius 3 is 3.00 bits per heavy atom. The van der Waals surface area contributed by atoms with E-state index in [1.807, 2.05) is 0 Å². The zero-order chi connectivity index (χ0) is 4.24. The summed E-state index contributed by atoms with van der Waals surface area (Å²) in [5, 5.41) is 0. The van der Waals surface area contributed by atoms with Crippen LogP contribution in [-0.2, 0) is 4.74 Å². The van der Waals surface area contributed by atoms with Crippen LogP contribution in [0.5, 0.6) is 0 Å². The fourth-order valence-electron chi connectivity index (χ4n) is 0.249. The molecule has 0 atom stereocenters. The smallest absolute Gasteiger partial charge is 0.176 e. The van der Waals surface area contributed by atoms with Gasteiger partial charge in [-0.3, -0.25) is 4.99 Å². The zero-order valence-corrected chi connectivity index (χ0v) is 3.22. The third kappa shape index (κ3) is 0.578. The van der Waals surface area contributed by atoms with Crippen molar-refractivity contribution in [2.75, 3.05) is 6.54 Å². The maximum absolute atomic E-state index is 4.54. The van der Waals surface area contributed by atoms with E-state index in [4.69, 9.17) is 0 Å². The molecule has 0 saturated carbocycles. The molecule has 6 heavy (non-hydrogen) atoms. The number of rotatable bonds is 0. The van der Waals surface area contributed by atoms with Crippen molar-refractivity contribution in [1.82, 2.24) is 0 Å². The lowest BCUT2D eigenvalue weighted by Crippen LogP contribution is -1.85. The van der Waals surface area contributed by atoms with Gasteiger partial charge >= 0.3 is 0 Å². The van der Waals surface area contributed by atoms with Crippen molar-refractivity contribution < 1.29 is 4.74 Å². The standard InChI is InChI=1S/C4H4NO/c1-2-5-4-6-3-1/h3-4H,2H2. The summed E-state index contributed by atoms with van der Waals surface area (Å²) in [6.07, 6.45) is 5.63. The van der Waals surface area contributed by atoms with Crippen LogP contribution in [0.2, 0.25) is 0 Å².